The Labute approximate surface area is 229 Å². The number of hydrogen-bond donors (Lipinski definition) is 2. The van der Waals surface area contributed by atoms with Crippen LogP contribution in [-0.2, 0) is 0 Å². The van der Waals surface area contributed by atoms with Crippen molar-refractivity contribution >= 4 is 23.2 Å². The number of pyridine rings is 1. The standard InChI is InChI=1S/C29H27N9O2/c1-16(39)24-25(19-11-20-8-9-21(12-19)37(20)29(40)27-32-15-33-36-27)35-28-22(14-34-38(28)26(24)30)18-7-10-23(31-13-18)17-5-3-2-4-6-17/h2-7,10,13-15,19-21H,8-9,11-12,30H2,1H3,(H,32,33,36)/t20-,21-/m1/s1. The number of fused-ring (bicyclic) bond motifs is 3. The van der Waals surface area contributed by atoms with Crippen LogP contribution in [0.15, 0.2) is 61.2 Å². The lowest BCUT2D eigenvalue weighted by atomic mass is 9.85. The van der Waals surface area contributed by atoms with E-state index in [9.17, 15) is 9.59 Å². The van der Waals surface area contributed by atoms with Crippen molar-refractivity contribution < 1.29 is 9.59 Å². The highest BCUT2D eigenvalue weighted by molar-refractivity contribution is 6.00. The number of H-pyrrole nitrogens is 1. The lowest BCUT2D eigenvalue weighted by Crippen LogP contribution is -2.46. The average Bonchev–Trinajstić information content (AvgIpc) is 3.71. The molecule has 40 heavy (non-hydrogen) atoms. The Morgan fingerprint density at radius 2 is 1.75 bits per heavy atom. The molecular weight excluding hydrogens is 506 g/mol. The first-order valence-electron chi connectivity index (χ1n) is 13.4. The lowest BCUT2D eigenvalue weighted by Gasteiger charge is -2.38. The van der Waals surface area contributed by atoms with Crippen LogP contribution in [0.3, 0.4) is 0 Å². The molecule has 0 saturated carbocycles. The third kappa shape index (κ3) is 3.84. The summed E-state index contributed by atoms with van der Waals surface area (Å²) in [5.41, 5.74) is 11.8. The topological polar surface area (TPSA) is 148 Å². The molecule has 2 saturated heterocycles. The predicted molar refractivity (Wildman–Crippen MR) is 147 cm³/mol. The number of nitrogens with two attached hydrogens (primary N) is 1. The SMILES string of the molecule is CC(=O)c1c(C2C[C@H]3CC[C@H](C2)N3C(=O)c2ncn[nH]2)nc2c(-c3ccc(-c4ccccc4)nc3)cnn2c1N. The number of piperidine rings is 1. The Hall–Kier alpha value is -4.93. The van der Waals surface area contributed by atoms with Crippen LogP contribution in [0.5, 0.6) is 0 Å². The summed E-state index contributed by atoms with van der Waals surface area (Å²) in [5.74, 6) is 0.214. The van der Waals surface area contributed by atoms with Gasteiger partial charge in [0.1, 0.15) is 12.1 Å². The maximum Gasteiger partial charge on any atom is 0.291 e. The highest BCUT2D eigenvalue weighted by Crippen LogP contribution is 2.45. The number of carbonyl (C=O) groups excluding carboxylic acids is 2. The van der Waals surface area contributed by atoms with E-state index >= 15 is 0 Å². The van der Waals surface area contributed by atoms with Crippen LogP contribution < -0.4 is 5.73 Å². The Morgan fingerprint density at radius 1 is 0.975 bits per heavy atom. The second kappa shape index (κ2) is 9.37. The molecule has 2 aliphatic heterocycles. The minimum absolute atomic E-state index is 0.0243. The molecule has 0 unspecified atom stereocenters. The van der Waals surface area contributed by atoms with Gasteiger partial charge in [-0.05, 0) is 38.7 Å². The molecule has 0 aliphatic carbocycles. The molecule has 11 nitrogen and oxygen atoms in total. The first-order valence-corrected chi connectivity index (χ1v) is 13.4. The number of carbonyl (C=O) groups is 2. The maximum atomic E-state index is 13.1. The molecule has 2 atom stereocenters. The third-order valence-corrected chi connectivity index (χ3v) is 8.18. The molecule has 200 valence electrons. The largest absolute Gasteiger partial charge is 0.383 e. The van der Waals surface area contributed by atoms with Crippen LogP contribution >= 0.6 is 0 Å². The fourth-order valence-corrected chi connectivity index (χ4v) is 6.39. The number of rotatable bonds is 5. The van der Waals surface area contributed by atoms with Crippen molar-refractivity contribution in [3.63, 3.8) is 0 Å². The summed E-state index contributed by atoms with van der Waals surface area (Å²) < 4.78 is 1.54. The second-order valence-corrected chi connectivity index (χ2v) is 10.5. The normalized spacial score (nSPS) is 20.2. The molecular formula is C29H27N9O2. The number of Topliss-reactive ketones (excluding diaryl/α,β-unsaturated/α-hetero) is 1. The Morgan fingerprint density at radius 3 is 2.40 bits per heavy atom. The number of nitrogens with one attached hydrogen (secondary N) is 1. The van der Waals surface area contributed by atoms with Gasteiger partial charge in [-0.1, -0.05) is 36.4 Å². The monoisotopic (exact) mass is 533 g/mol. The molecule has 1 amide bonds. The van der Waals surface area contributed by atoms with Gasteiger partial charge in [0.05, 0.1) is 23.1 Å². The van der Waals surface area contributed by atoms with Gasteiger partial charge in [-0.3, -0.25) is 19.7 Å². The number of amides is 1. The van der Waals surface area contributed by atoms with E-state index in [0.29, 0.717) is 29.7 Å². The van der Waals surface area contributed by atoms with Crippen molar-refractivity contribution in [3.8, 4) is 22.4 Å². The van der Waals surface area contributed by atoms with Crippen molar-refractivity contribution in [2.75, 3.05) is 5.73 Å². The highest BCUT2D eigenvalue weighted by Gasteiger charge is 2.45. The van der Waals surface area contributed by atoms with Gasteiger partial charge in [-0.2, -0.15) is 14.7 Å². The summed E-state index contributed by atoms with van der Waals surface area (Å²) in [7, 11) is 0. The van der Waals surface area contributed by atoms with Crippen molar-refractivity contribution in [1.82, 2.24) is 39.7 Å². The van der Waals surface area contributed by atoms with Crippen molar-refractivity contribution in [3.05, 3.63) is 78.3 Å². The van der Waals surface area contributed by atoms with E-state index in [1.54, 1.807) is 6.20 Å². The zero-order valence-corrected chi connectivity index (χ0v) is 21.9. The van der Waals surface area contributed by atoms with E-state index in [1.165, 1.54) is 17.8 Å². The third-order valence-electron chi connectivity index (χ3n) is 8.18. The first kappa shape index (κ1) is 24.1. The highest BCUT2D eigenvalue weighted by atomic mass is 16.2. The van der Waals surface area contributed by atoms with Gasteiger partial charge in [0, 0.05) is 40.9 Å². The van der Waals surface area contributed by atoms with Crippen molar-refractivity contribution in [2.45, 2.75) is 50.6 Å². The van der Waals surface area contributed by atoms with Crippen LogP contribution in [0, 0.1) is 0 Å². The van der Waals surface area contributed by atoms with E-state index < -0.39 is 0 Å². The molecule has 2 aliphatic rings. The van der Waals surface area contributed by atoms with Crippen LogP contribution in [0.4, 0.5) is 5.82 Å². The van der Waals surface area contributed by atoms with Gasteiger partial charge in [0.2, 0.25) is 5.82 Å². The Balaban J connectivity index is 1.26. The number of benzene rings is 1. The van der Waals surface area contributed by atoms with Crippen LogP contribution in [0.2, 0.25) is 0 Å². The predicted octanol–water partition coefficient (Wildman–Crippen LogP) is 3.91. The molecule has 6 heterocycles. The summed E-state index contributed by atoms with van der Waals surface area (Å²) in [5, 5.41) is 11.0. The minimum Gasteiger partial charge on any atom is -0.383 e. The Kier molecular flexibility index (Phi) is 5.65. The lowest BCUT2D eigenvalue weighted by molar-refractivity contribution is 0.0556. The smallest absolute Gasteiger partial charge is 0.291 e. The molecule has 11 heteroatoms. The van der Waals surface area contributed by atoms with Gasteiger partial charge in [-0.25, -0.2) is 9.97 Å². The van der Waals surface area contributed by atoms with Crippen LogP contribution in [0.1, 0.15) is 65.2 Å². The van der Waals surface area contributed by atoms with E-state index in [1.807, 2.05) is 53.6 Å². The number of aromatic amines is 1. The number of nitrogen functional groups attached to an aromatic ring is 1. The van der Waals surface area contributed by atoms with Gasteiger partial charge in [0.15, 0.2) is 11.4 Å². The summed E-state index contributed by atoms with van der Waals surface area (Å²) in [4.78, 5) is 41.7. The van der Waals surface area contributed by atoms with Crippen molar-refractivity contribution in [1.29, 1.82) is 0 Å². The number of nitrogens with zero attached hydrogens (tertiary/aromatic N) is 7. The quantitative estimate of drug-likeness (QED) is 0.323. The van der Waals surface area contributed by atoms with Gasteiger partial charge in [-0.15, -0.1) is 0 Å². The summed E-state index contributed by atoms with van der Waals surface area (Å²) >= 11 is 0. The summed E-state index contributed by atoms with van der Waals surface area (Å²) in [6, 6.07) is 14.0. The first-order chi connectivity index (χ1) is 19.5. The molecule has 3 N–H and O–H groups in total. The molecule has 2 bridgehead atoms. The molecule has 5 aromatic rings. The zero-order valence-electron chi connectivity index (χ0n) is 21.9. The molecule has 0 radical (unpaired) electrons. The molecule has 0 spiro atoms. The number of ketones is 1. The molecule has 4 aromatic heterocycles. The fourth-order valence-electron chi connectivity index (χ4n) is 6.39. The van der Waals surface area contributed by atoms with E-state index in [0.717, 1.165) is 35.2 Å². The maximum absolute atomic E-state index is 13.1. The number of hydrogen-bond acceptors (Lipinski definition) is 8. The van der Waals surface area contributed by atoms with Gasteiger partial charge < -0.3 is 10.6 Å². The van der Waals surface area contributed by atoms with Gasteiger partial charge in [0.25, 0.3) is 5.91 Å². The average molecular weight is 534 g/mol. The number of aromatic nitrogens is 7. The van der Waals surface area contributed by atoms with E-state index in [4.69, 9.17) is 10.7 Å². The van der Waals surface area contributed by atoms with Crippen LogP contribution in [-0.4, -0.2) is 63.4 Å². The molecule has 1 aromatic carbocycles. The second-order valence-electron chi connectivity index (χ2n) is 10.5. The molecule has 2 fully saturated rings. The van der Waals surface area contributed by atoms with E-state index in [2.05, 4.69) is 25.3 Å². The van der Waals surface area contributed by atoms with Crippen molar-refractivity contribution in [2.24, 2.45) is 0 Å². The summed E-state index contributed by atoms with van der Waals surface area (Å²) in [6.07, 6.45) is 8.04. The van der Waals surface area contributed by atoms with Gasteiger partial charge >= 0.3 is 0 Å². The summed E-state index contributed by atoms with van der Waals surface area (Å²) in [6.45, 7) is 1.51. The molecule has 7 rings (SSSR count). The van der Waals surface area contributed by atoms with E-state index in [-0.39, 0.29) is 41.3 Å². The Bertz CT molecular complexity index is 1720. The minimum atomic E-state index is -0.152. The number of anilines is 1. The zero-order chi connectivity index (χ0) is 27.4. The van der Waals surface area contributed by atoms with Crippen LogP contribution in [0.25, 0.3) is 28.0 Å². The fraction of sp³-hybridized carbons (Fsp3) is 0.276.